The first kappa shape index (κ1) is 19.7. The molecule has 3 rings (SSSR count). The third kappa shape index (κ3) is 3.68. The van der Waals surface area contributed by atoms with E-state index < -0.39 is 17.7 Å². The van der Waals surface area contributed by atoms with Gasteiger partial charge in [-0.1, -0.05) is 20.8 Å². The topological polar surface area (TPSA) is 76.1 Å². The van der Waals surface area contributed by atoms with Gasteiger partial charge in [0.1, 0.15) is 11.5 Å². The second-order valence-corrected chi connectivity index (χ2v) is 8.66. The van der Waals surface area contributed by atoms with E-state index in [0.717, 1.165) is 12.8 Å². The van der Waals surface area contributed by atoms with Crippen LogP contribution < -0.4 is 4.74 Å². The lowest BCUT2D eigenvalue weighted by Crippen LogP contribution is -2.55. The Morgan fingerprint density at radius 2 is 1.78 bits per heavy atom. The summed E-state index contributed by atoms with van der Waals surface area (Å²) in [6.07, 6.45) is 3.17. The fourth-order valence-corrected chi connectivity index (χ4v) is 4.36. The van der Waals surface area contributed by atoms with Crippen molar-refractivity contribution in [2.45, 2.75) is 58.2 Å². The minimum Gasteiger partial charge on any atom is -0.497 e. The van der Waals surface area contributed by atoms with E-state index in [4.69, 9.17) is 9.47 Å². The van der Waals surface area contributed by atoms with Crippen LogP contribution in [-0.4, -0.2) is 47.4 Å². The third-order valence-corrected chi connectivity index (χ3v) is 6.09. The molecule has 6 heteroatoms. The van der Waals surface area contributed by atoms with E-state index in [1.807, 2.05) is 0 Å². The fraction of sp³-hybridized carbons (Fsp3) is 0.619. The number of carboxylic acids is 1. The SMILES string of the molecule is COc1ccc(C(=O)N2[C@@H](C(=O)O)COC23CCC(C(C)(C)C)CC3)cc1. The Bertz CT molecular complexity index is 698. The summed E-state index contributed by atoms with van der Waals surface area (Å²) < 4.78 is 11.2. The Morgan fingerprint density at radius 3 is 2.26 bits per heavy atom. The van der Waals surface area contributed by atoms with Crippen molar-refractivity contribution in [3.63, 3.8) is 0 Å². The maximum Gasteiger partial charge on any atom is 0.328 e. The monoisotopic (exact) mass is 375 g/mol. The van der Waals surface area contributed by atoms with E-state index in [0.29, 0.717) is 30.1 Å². The van der Waals surface area contributed by atoms with Gasteiger partial charge in [-0.05, 0) is 61.3 Å². The molecule has 1 saturated heterocycles. The zero-order chi connectivity index (χ0) is 19.8. The van der Waals surface area contributed by atoms with E-state index in [-0.39, 0.29) is 17.9 Å². The van der Waals surface area contributed by atoms with Gasteiger partial charge in [0.25, 0.3) is 5.91 Å². The van der Waals surface area contributed by atoms with Crippen molar-refractivity contribution < 1.29 is 24.2 Å². The zero-order valence-electron chi connectivity index (χ0n) is 16.5. The van der Waals surface area contributed by atoms with Crippen LogP contribution >= 0.6 is 0 Å². The van der Waals surface area contributed by atoms with Crippen LogP contribution in [0.2, 0.25) is 0 Å². The average molecular weight is 375 g/mol. The number of ether oxygens (including phenoxy) is 2. The maximum absolute atomic E-state index is 13.3. The first-order valence-electron chi connectivity index (χ1n) is 9.52. The lowest BCUT2D eigenvalue weighted by Gasteiger charge is -2.46. The fourth-order valence-electron chi connectivity index (χ4n) is 4.36. The zero-order valence-corrected chi connectivity index (χ0v) is 16.5. The van der Waals surface area contributed by atoms with Gasteiger partial charge in [-0.15, -0.1) is 0 Å². The number of hydrogen-bond acceptors (Lipinski definition) is 4. The molecular weight excluding hydrogens is 346 g/mol. The molecule has 1 spiro atoms. The van der Waals surface area contributed by atoms with Gasteiger partial charge in [0.05, 0.1) is 13.7 Å². The van der Waals surface area contributed by atoms with E-state index in [1.165, 1.54) is 4.90 Å². The number of hydrogen-bond donors (Lipinski definition) is 1. The van der Waals surface area contributed by atoms with Gasteiger partial charge in [-0.2, -0.15) is 0 Å². The lowest BCUT2D eigenvalue weighted by molar-refractivity contribution is -0.144. The van der Waals surface area contributed by atoms with E-state index >= 15 is 0 Å². The molecule has 1 aliphatic carbocycles. The Balaban J connectivity index is 1.88. The second-order valence-electron chi connectivity index (χ2n) is 8.66. The summed E-state index contributed by atoms with van der Waals surface area (Å²) in [6, 6.07) is 5.82. The highest BCUT2D eigenvalue weighted by molar-refractivity contribution is 5.97. The predicted octanol–water partition coefficient (Wildman–Crippen LogP) is 3.55. The molecule has 1 saturated carbocycles. The summed E-state index contributed by atoms with van der Waals surface area (Å²) in [5, 5.41) is 9.66. The van der Waals surface area contributed by atoms with Crippen molar-refractivity contribution in [3.05, 3.63) is 29.8 Å². The molecular formula is C21H29NO5. The molecule has 2 fully saturated rings. The molecule has 0 bridgehead atoms. The minimum atomic E-state index is -1.02. The van der Waals surface area contributed by atoms with Gasteiger partial charge in [0.2, 0.25) is 0 Å². The van der Waals surface area contributed by atoms with Gasteiger partial charge in [-0.3, -0.25) is 9.69 Å². The summed E-state index contributed by atoms with van der Waals surface area (Å²) >= 11 is 0. The number of aliphatic carboxylic acids is 1. The molecule has 1 aliphatic heterocycles. The number of methoxy groups -OCH3 is 1. The Kier molecular flexibility index (Phi) is 5.21. The highest BCUT2D eigenvalue weighted by Gasteiger charge is 2.54. The van der Waals surface area contributed by atoms with E-state index in [1.54, 1.807) is 31.4 Å². The van der Waals surface area contributed by atoms with Crippen LogP contribution in [0.1, 0.15) is 56.8 Å². The highest BCUT2D eigenvalue weighted by atomic mass is 16.5. The predicted molar refractivity (Wildman–Crippen MR) is 101 cm³/mol. The Labute approximate surface area is 160 Å². The van der Waals surface area contributed by atoms with Crippen molar-refractivity contribution in [2.75, 3.05) is 13.7 Å². The van der Waals surface area contributed by atoms with E-state index in [9.17, 15) is 14.7 Å². The minimum absolute atomic E-state index is 0.0391. The number of carbonyl (C=O) groups excluding carboxylic acids is 1. The number of benzene rings is 1. The number of carboxylic acid groups (broad SMARTS) is 1. The average Bonchev–Trinajstić information content (AvgIpc) is 2.99. The summed E-state index contributed by atoms with van der Waals surface area (Å²) in [5.74, 6) is -0.128. The van der Waals surface area contributed by atoms with Crippen molar-refractivity contribution in [3.8, 4) is 5.75 Å². The van der Waals surface area contributed by atoms with Gasteiger partial charge in [-0.25, -0.2) is 4.79 Å². The normalized spacial score (nSPS) is 28.4. The summed E-state index contributed by atoms with van der Waals surface area (Å²) in [4.78, 5) is 26.5. The van der Waals surface area contributed by atoms with Crippen LogP contribution in [0, 0.1) is 11.3 Å². The van der Waals surface area contributed by atoms with Crippen LogP contribution in [-0.2, 0) is 9.53 Å². The molecule has 1 heterocycles. The van der Waals surface area contributed by atoms with Crippen LogP contribution in [0.5, 0.6) is 5.75 Å². The molecule has 27 heavy (non-hydrogen) atoms. The molecule has 1 aromatic carbocycles. The second kappa shape index (κ2) is 7.15. The van der Waals surface area contributed by atoms with Crippen molar-refractivity contribution in [1.82, 2.24) is 4.90 Å². The lowest BCUT2D eigenvalue weighted by atomic mass is 9.70. The number of nitrogens with zero attached hydrogens (tertiary/aromatic N) is 1. The van der Waals surface area contributed by atoms with Crippen molar-refractivity contribution >= 4 is 11.9 Å². The van der Waals surface area contributed by atoms with Gasteiger partial charge < -0.3 is 14.6 Å². The molecule has 1 atom stereocenters. The molecule has 6 nitrogen and oxygen atoms in total. The van der Waals surface area contributed by atoms with E-state index in [2.05, 4.69) is 20.8 Å². The Morgan fingerprint density at radius 1 is 1.19 bits per heavy atom. The summed E-state index contributed by atoms with van der Waals surface area (Å²) in [5.41, 5.74) is -0.177. The standard InChI is InChI=1S/C21H29NO5/c1-20(2,3)15-9-11-21(12-10-15)22(17(13-27-21)19(24)25)18(23)14-5-7-16(26-4)8-6-14/h5-8,15,17H,9-13H2,1-4H3,(H,24,25)/t15?,17-,21?/m1/s1. The number of carbonyl (C=O) groups is 2. The van der Waals surface area contributed by atoms with Gasteiger partial charge in [0.15, 0.2) is 6.04 Å². The van der Waals surface area contributed by atoms with Crippen LogP contribution in [0.15, 0.2) is 24.3 Å². The third-order valence-electron chi connectivity index (χ3n) is 6.09. The Hall–Kier alpha value is -2.08. The highest BCUT2D eigenvalue weighted by Crippen LogP contribution is 2.47. The molecule has 0 unspecified atom stereocenters. The van der Waals surface area contributed by atoms with Crippen molar-refractivity contribution in [1.29, 1.82) is 0 Å². The molecule has 1 aromatic rings. The van der Waals surface area contributed by atoms with Crippen LogP contribution in [0.25, 0.3) is 0 Å². The van der Waals surface area contributed by atoms with Crippen LogP contribution in [0.3, 0.4) is 0 Å². The maximum atomic E-state index is 13.3. The van der Waals surface area contributed by atoms with Crippen LogP contribution in [0.4, 0.5) is 0 Å². The molecule has 2 aliphatic rings. The summed E-state index contributed by atoms with van der Waals surface area (Å²) in [6.45, 7) is 6.72. The number of rotatable bonds is 3. The first-order valence-corrected chi connectivity index (χ1v) is 9.52. The summed E-state index contributed by atoms with van der Waals surface area (Å²) in [7, 11) is 1.56. The molecule has 0 aromatic heterocycles. The quantitative estimate of drug-likeness (QED) is 0.874. The largest absolute Gasteiger partial charge is 0.497 e. The van der Waals surface area contributed by atoms with Gasteiger partial charge >= 0.3 is 5.97 Å². The first-order chi connectivity index (χ1) is 12.7. The smallest absolute Gasteiger partial charge is 0.328 e. The van der Waals surface area contributed by atoms with Gasteiger partial charge in [0, 0.05) is 5.56 Å². The van der Waals surface area contributed by atoms with Crippen molar-refractivity contribution in [2.24, 2.45) is 11.3 Å². The molecule has 1 N–H and O–H groups in total. The number of amides is 1. The molecule has 148 valence electrons. The molecule has 1 amide bonds. The molecule has 0 radical (unpaired) electrons.